The molecule has 0 atom stereocenters. The molecule has 3 rings (SSSR count). The second-order valence-electron chi connectivity index (χ2n) is 5.98. The van der Waals surface area contributed by atoms with E-state index in [0.29, 0.717) is 24.2 Å². The maximum absolute atomic E-state index is 12.1. The zero-order valence-electron chi connectivity index (χ0n) is 14.3. The van der Waals surface area contributed by atoms with Gasteiger partial charge in [-0.05, 0) is 54.6 Å². The van der Waals surface area contributed by atoms with Gasteiger partial charge in [0.15, 0.2) is 0 Å². The van der Waals surface area contributed by atoms with Gasteiger partial charge >= 0.3 is 0 Å². The number of hydrogen-bond acceptors (Lipinski definition) is 3. The van der Waals surface area contributed by atoms with Crippen LogP contribution in [0.15, 0.2) is 53.3 Å². The van der Waals surface area contributed by atoms with E-state index in [0.717, 1.165) is 22.2 Å². The van der Waals surface area contributed by atoms with Crippen LogP contribution in [0.3, 0.4) is 0 Å². The third kappa shape index (κ3) is 4.07. The second kappa shape index (κ2) is 7.21. The molecule has 2 aromatic carbocycles. The lowest BCUT2D eigenvalue weighted by atomic mass is 10.1. The number of pyridine rings is 1. The van der Waals surface area contributed by atoms with Crippen molar-refractivity contribution in [2.24, 2.45) is 0 Å². The summed E-state index contributed by atoms with van der Waals surface area (Å²) in [5.41, 5.74) is 3.19. The molecule has 1 aromatic heterocycles. The molecular weight excluding hydrogens is 316 g/mol. The zero-order valence-corrected chi connectivity index (χ0v) is 14.3. The van der Waals surface area contributed by atoms with Crippen LogP contribution in [0.2, 0.25) is 0 Å². The van der Waals surface area contributed by atoms with Crippen molar-refractivity contribution in [2.75, 3.05) is 12.4 Å². The summed E-state index contributed by atoms with van der Waals surface area (Å²) in [5.74, 6) is 0.655. The average molecular weight is 336 g/mol. The first kappa shape index (κ1) is 16.8. The van der Waals surface area contributed by atoms with Gasteiger partial charge in [0.1, 0.15) is 5.75 Å². The number of fused-ring (bicyclic) bond motifs is 1. The predicted octanol–water partition coefficient (Wildman–Crippen LogP) is 3.42. The van der Waals surface area contributed by atoms with Crippen LogP contribution < -0.4 is 15.6 Å². The standard InChI is InChI=1S/C20H20N2O3/c1-13-10-15-11-14(6-8-18(15)22-20(13)24)7-9-19(23)21-16-4-3-5-17(12-16)25-2/h3-6,8,10-12H,7,9H2,1-2H3,(H,21,23)(H,22,24). The quantitative estimate of drug-likeness (QED) is 0.750. The summed E-state index contributed by atoms with van der Waals surface area (Å²) < 4.78 is 5.15. The number of ether oxygens (including phenoxy) is 1. The number of anilines is 1. The number of carbonyl (C=O) groups excluding carboxylic acids is 1. The Kier molecular flexibility index (Phi) is 4.84. The van der Waals surface area contributed by atoms with Crippen molar-refractivity contribution in [3.05, 3.63) is 70.0 Å². The Labute approximate surface area is 145 Å². The third-order valence-electron chi connectivity index (χ3n) is 4.09. The van der Waals surface area contributed by atoms with Gasteiger partial charge in [-0.15, -0.1) is 0 Å². The zero-order chi connectivity index (χ0) is 17.8. The van der Waals surface area contributed by atoms with Crippen molar-refractivity contribution in [3.8, 4) is 5.75 Å². The molecule has 0 aliphatic rings. The lowest BCUT2D eigenvalue weighted by molar-refractivity contribution is -0.116. The molecule has 128 valence electrons. The van der Waals surface area contributed by atoms with Gasteiger partial charge in [-0.3, -0.25) is 9.59 Å². The van der Waals surface area contributed by atoms with E-state index in [-0.39, 0.29) is 11.5 Å². The van der Waals surface area contributed by atoms with Gasteiger partial charge in [0.25, 0.3) is 5.56 Å². The average Bonchev–Trinajstić information content (AvgIpc) is 2.61. The largest absolute Gasteiger partial charge is 0.497 e. The Morgan fingerprint density at radius 2 is 2.00 bits per heavy atom. The molecular formula is C20H20N2O3. The van der Waals surface area contributed by atoms with Gasteiger partial charge in [-0.25, -0.2) is 0 Å². The minimum Gasteiger partial charge on any atom is -0.497 e. The molecule has 5 heteroatoms. The van der Waals surface area contributed by atoms with Gasteiger partial charge in [0.05, 0.1) is 7.11 Å². The number of nitrogens with one attached hydrogen (secondary N) is 2. The van der Waals surface area contributed by atoms with E-state index in [1.807, 2.05) is 42.5 Å². The number of hydrogen-bond donors (Lipinski definition) is 2. The number of carbonyl (C=O) groups is 1. The third-order valence-corrected chi connectivity index (χ3v) is 4.09. The first-order valence-corrected chi connectivity index (χ1v) is 8.11. The SMILES string of the molecule is COc1cccc(NC(=O)CCc2ccc3[nH]c(=O)c(C)cc3c2)c1. The fraction of sp³-hybridized carbons (Fsp3) is 0.200. The highest BCUT2D eigenvalue weighted by atomic mass is 16.5. The van der Waals surface area contributed by atoms with E-state index in [1.54, 1.807) is 20.1 Å². The number of methoxy groups -OCH3 is 1. The van der Waals surface area contributed by atoms with Crippen LogP contribution >= 0.6 is 0 Å². The van der Waals surface area contributed by atoms with Crippen LogP contribution in [-0.2, 0) is 11.2 Å². The van der Waals surface area contributed by atoms with Crippen LogP contribution in [0.5, 0.6) is 5.75 Å². The normalized spacial score (nSPS) is 10.6. The maximum Gasteiger partial charge on any atom is 0.251 e. The van der Waals surface area contributed by atoms with Crippen molar-refractivity contribution in [1.29, 1.82) is 0 Å². The summed E-state index contributed by atoms with van der Waals surface area (Å²) >= 11 is 0. The van der Waals surface area contributed by atoms with Crippen molar-refractivity contribution in [2.45, 2.75) is 19.8 Å². The molecule has 0 bridgehead atoms. The summed E-state index contributed by atoms with van der Waals surface area (Å²) in [6.07, 6.45) is 1.01. The van der Waals surface area contributed by atoms with E-state index in [1.165, 1.54) is 0 Å². The summed E-state index contributed by atoms with van der Waals surface area (Å²) in [6, 6.07) is 15.0. The lowest BCUT2D eigenvalue weighted by Crippen LogP contribution is -2.12. The Morgan fingerprint density at radius 3 is 2.80 bits per heavy atom. The van der Waals surface area contributed by atoms with E-state index < -0.39 is 0 Å². The van der Waals surface area contributed by atoms with E-state index >= 15 is 0 Å². The minimum atomic E-state index is -0.0714. The van der Waals surface area contributed by atoms with E-state index in [2.05, 4.69) is 10.3 Å². The van der Waals surface area contributed by atoms with Crippen LogP contribution in [0, 0.1) is 6.92 Å². The van der Waals surface area contributed by atoms with Gasteiger partial charge in [0, 0.05) is 29.3 Å². The van der Waals surface area contributed by atoms with Crippen LogP contribution in [-0.4, -0.2) is 18.0 Å². The Balaban J connectivity index is 1.66. The van der Waals surface area contributed by atoms with Gasteiger partial charge in [-0.2, -0.15) is 0 Å². The Morgan fingerprint density at radius 1 is 1.16 bits per heavy atom. The second-order valence-corrected chi connectivity index (χ2v) is 5.98. The summed E-state index contributed by atoms with van der Waals surface area (Å²) in [6.45, 7) is 1.78. The van der Waals surface area contributed by atoms with Crippen LogP contribution in [0.25, 0.3) is 10.9 Å². The highest BCUT2D eigenvalue weighted by molar-refractivity contribution is 5.91. The molecule has 1 heterocycles. The summed E-state index contributed by atoms with van der Waals surface area (Å²) in [5, 5.41) is 3.85. The van der Waals surface area contributed by atoms with Crippen LogP contribution in [0.1, 0.15) is 17.5 Å². The fourth-order valence-electron chi connectivity index (χ4n) is 2.70. The summed E-state index contributed by atoms with van der Waals surface area (Å²) in [4.78, 5) is 26.6. The topological polar surface area (TPSA) is 71.2 Å². The minimum absolute atomic E-state index is 0.0500. The molecule has 3 aromatic rings. The molecule has 0 spiro atoms. The molecule has 0 aliphatic heterocycles. The molecule has 25 heavy (non-hydrogen) atoms. The lowest BCUT2D eigenvalue weighted by Gasteiger charge is -2.08. The van der Waals surface area contributed by atoms with Crippen molar-refractivity contribution in [1.82, 2.24) is 4.98 Å². The Hall–Kier alpha value is -3.08. The molecule has 2 N–H and O–H groups in total. The van der Waals surface area contributed by atoms with Crippen molar-refractivity contribution in [3.63, 3.8) is 0 Å². The highest BCUT2D eigenvalue weighted by Gasteiger charge is 2.06. The van der Waals surface area contributed by atoms with Gasteiger partial charge < -0.3 is 15.0 Å². The number of aromatic nitrogens is 1. The monoisotopic (exact) mass is 336 g/mol. The molecule has 0 saturated carbocycles. The van der Waals surface area contributed by atoms with Gasteiger partial charge in [0.2, 0.25) is 5.91 Å². The number of benzene rings is 2. The molecule has 5 nitrogen and oxygen atoms in total. The van der Waals surface area contributed by atoms with Gasteiger partial charge in [-0.1, -0.05) is 12.1 Å². The predicted molar refractivity (Wildman–Crippen MR) is 99.3 cm³/mol. The number of aryl methyl sites for hydroxylation is 2. The number of H-pyrrole nitrogens is 1. The van der Waals surface area contributed by atoms with E-state index in [4.69, 9.17) is 4.74 Å². The Bertz CT molecular complexity index is 976. The highest BCUT2D eigenvalue weighted by Crippen LogP contribution is 2.18. The molecule has 0 fully saturated rings. The first-order chi connectivity index (χ1) is 12.0. The smallest absolute Gasteiger partial charge is 0.251 e. The number of aromatic amines is 1. The molecule has 0 aliphatic carbocycles. The molecule has 0 saturated heterocycles. The molecule has 0 unspecified atom stereocenters. The maximum atomic E-state index is 12.1. The molecule has 1 amide bonds. The number of rotatable bonds is 5. The molecule has 0 radical (unpaired) electrons. The first-order valence-electron chi connectivity index (χ1n) is 8.11. The summed E-state index contributed by atoms with van der Waals surface area (Å²) in [7, 11) is 1.59. The van der Waals surface area contributed by atoms with Crippen LogP contribution in [0.4, 0.5) is 5.69 Å². The number of amides is 1. The van der Waals surface area contributed by atoms with Crippen molar-refractivity contribution < 1.29 is 9.53 Å². The fourth-order valence-corrected chi connectivity index (χ4v) is 2.70. The van der Waals surface area contributed by atoms with Crippen molar-refractivity contribution >= 4 is 22.5 Å². The van der Waals surface area contributed by atoms with E-state index in [9.17, 15) is 9.59 Å².